The van der Waals surface area contributed by atoms with Gasteiger partial charge in [0.15, 0.2) is 0 Å². The van der Waals surface area contributed by atoms with Gasteiger partial charge in [0.05, 0.1) is 4.90 Å². The van der Waals surface area contributed by atoms with Crippen molar-refractivity contribution in [3.05, 3.63) is 59.7 Å². The Bertz CT molecular complexity index is 681. The van der Waals surface area contributed by atoms with Gasteiger partial charge in [0.25, 0.3) is 10.0 Å². The van der Waals surface area contributed by atoms with E-state index in [2.05, 4.69) is 4.72 Å². The lowest BCUT2D eigenvalue weighted by atomic mass is 10.2. The molecule has 2 rings (SSSR count). The summed E-state index contributed by atoms with van der Waals surface area (Å²) in [5, 5.41) is 0. The molecule has 0 aliphatic carbocycles. The number of anilines is 1. The number of sulfonamides is 1. The van der Waals surface area contributed by atoms with E-state index < -0.39 is 10.0 Å². The van der Waals surface area contributed by atoms with Crippen LogP contribution in [-0.4, -0.2) is 8.42 Å². The Labute approximate surface area is 113 Å². The molecule has 0 fully saturated rings. The summed E-state index contributed by atoms with van der Waals surface area (Å²) in [7, 11) is -3.60. The van der Waals surface area contributed by atoms with Crippen molar-refractivity contribution in [3.63, 3.8) is 0 Å². The first-order valence-corrected chi connectivity index (χ1v) is 7.39. The second-order valence-electron chi connectivity index (χ2n) is 4.29. The fourth-order valence-corrected chi connectivity index (χ4v) is 3.15. The van der Waals surface area contributed by atoms with Gasteiger partial charge in [-0.3, -0.25) is 4.72 Å². The van der Waals surface area contributed by atoms with Crippen LogP contribution < -0.4 is 10.5 Å². The van der Waals surface area contributed by atoms with Crippen molar-refractivity contribution in [1.29, 1.82) is 0 Å². The molecule has 2 aromatic carbocycles. The van der Waals surface area contributed by atoms with Crippen LogP contribution in [0.3, 0.4) is 0 Å². The van der Waals surface area contributed by atoms with Gasteiger partial charge < -0.3 is 5.73 Å². The minimum Gasteiger partial charge on any atom is -0.326 e. The summed E-state index contributed by atoms with van der Waals surface area (Å²) in [4.78, 5) is 0.221. The van der Waals surface area contributed by atoms with Crippen LogP contribution >= 0.6 is 0 Å². The van der Waals surface area contributed by atoms with Gasteiger partial charge in [0.1, 0.15) is 0 Å². The molecule has 2 aromatic rings. The molecule has 0 saturated heterocycles. The summed E-state index contributed by atoms with van der Waals surface area (Å²) in [6.07, 6.45) is 0. The minimum absolute atomic E-state index is 0.185. The molecule has 19 heavy (non-hydrogen) atoms. The van der Waals surface area contributed by atoms with E-state index in [1.807, 2.05) is 19.1 Å². The molecule has 0 radical (unpaired) electrons. The molecule has 5 heteroatoms. The molecule has 0 aromatic heterocycles. The quantitative estimate of drug-likeness (QED) is 0.899. The average Bonchev–Trinajstić information content (AvgIpc) is 2.38. The first-order valence-electron chi connectivity index (χ1n) is 5.90. The molecule has 0 amide bonds. The average molecular weight is 276 g/mol. The first kappa shape index (κ1) is 13.6. The van der Waals surface area contributed by atoms with Gasteiger partial charge in [0, 0.05) is 12.2 Å². The predicted octanol–water partition coefficient (Wildman–Crippen LogP) is 2.25. The molecule has 0 spiro atoms. The normalized spacial score (nSPS) is 11.3. The van der Waals surface area contributed by atoms with E-state index >= 15 is 0 Å². The van der Waals surface area contributed by atoms with Crippen molar-refractivity contribution in [2.45, 2.75) is 18.4 Å². The van der Waals surface area contributed by atoms with Crippen molar-refractivity contribution in [3.8, 4) is 0 Å². The molecule has 3 N–H and O–H groups in total. The monoisotopic (exact) mass is 276 g/mol. The minimum atomic E-state index is -3.60. The zero-order valence-corrected chi connectivity index (χ0v) is 11.4. The van der Waals surface area contributed by atoms with Gasteiger partial charge in [0.2, 0.25) is 0 Å². The Morgan fingerprint density at radius 2 is 1.84 bits per heavy atom. The van der Waals surface area contributed by atoms with Crippen LogP contribution in [0.25, 0.3) is 0 Å². The largest absolute Gasteiger partial charge is 0.326 e. The molecule has 0 saturated carbocycles. The van der Waals surface area contributed by atoms with Crippen molar-refractivity contribution in [2.24, 2.45) is 5.73 Å². The lowest BCUT2D eigenvalue weighted by molar-refractivity contribution is 0.600. The second kappa shape index (κ2) is 5.42. The summed E-state index contributed by atoms with van der Waals surface area (Å²) >= 11 is 0. The first-order chi connectivity index (χ1) is 9.03. The molecule has 0 bridgehead atoms. The topological polar surface area (TPSA) is 72.2 Å². The Morgan fingerprint density at radius 3 is 2.53 bits per heavy atom. The van der Waals surface area contributed by atoms with Gasteiger partial charge in [-0.15, -0.1) is 0 Å². The van der Waals surface area contributed by atoms with E-state index in [0.29, 0.717) is 11.3 Å². The van der Waals surface area contributed by atoms with E-state index in [1.54, 1.807) is 36.4 Å². The number of nitrogens with one attached hydrogen (secondary N) is 1. The van der Waals surface area contributed by atoms with E-state index in [9.17, 15) is 8.42 Å². The van der Waals surface area contributed by atoms with Crippen LogP contribution in [0.5, 0.6) is 0 Å². The zero-order chi connectivity index (χ0) is 13.9. The summed E-state index contributed by atoms with van der Waals surface area (Å²) in [6, 6.07) is 13.9. The van der Waals surface area contributed by atoms with Gasteiger partial charge in [-0.1, -0.05) is 30.3 Å². The van der Waals surface area contributed by atoms with Gasteiger partial charge in [-0.05, 0) is 36.2 Å². The molecule has 100 valence electrons. The SMILES string of the molecule is Cc1cccc(NS(=O)(=O)c2ccccc2CN)c1. The maximum absolute atomic E-state index is 12.3. The summed E-state index contributed by atoms with van der Waals surface area (Å²) in [5.74, 6) is 0. The van der Waals surface area contributed by atoms with Crippen molar-refractivity contribution >= 4 is 15.7 Å². The fraction of sp³-hybridized carbons (Fsp3) is 0.143. The van der Waals surface area contributed by atoms with E-state index in [-0.39, 0.29) is 11.4 Å². The van der Waals surface area contributed by atoms with Crippen LogP contribution in [0.2, 0.25) is 0 Å². The highest BCUT2D eigenvalue weighted by molar-refractivity contribution is 7.92. The Hall–Kier alpha value is -1.85. The highest BCUT2D eigenvalue weighted by Gasteiger charge is 2.17. The standard InChI is InChI=1S/C14H16N2O2S/c1-11-5-4-7-13(9-11)16-19(17,18)14-8-3-2-6-12(14)10-15/h2-9,16H,10,15H2,1H3. The summed E-state index contributed by atoms with van der Waals surface area (Å²) in [6.45, 7) is 2.09. The van der Waals surface area contributed by atoms with Crippen molar-refractivity contribution in [2.75, 3.05) is 4.72 Å². The summed E-state index contributed by atoms with van der Waals surface area (Å²) < 4.78 is 27.2. The van der Waals surface area contributed by atoms with Crippen molar-refractivity contribution < 1.29 is 8.42 Å². The second-order valence-corrected chi connectivity index (χ2v) is 5.94. The number of hydrogen-bond acceptors (Lipinski definition) is 3. The third-order valence-corrected chi connectivity index (χ3v) is 4.23. The Balaban J connectivity index is 2.38. The van der Waals surface area contributed by atoms with E-state index in [4.69, 9.17) is 5.73 Å². The lowest BCUT2D eigenvalue weighted by Gasteiger charge is -2.11. The highest BCUT2D eigenvalue weighted by Crippen LogP contribution is 2.19. The van der Waals surface area contributed by atoms with Gasteiger partial charge in [-0.25, -0.2) is 8.42 Å². The summed E-state index contributed by atoms with van der Waals surface area (Å²) in [5.41, 5.74) is 7.71. The lowest BCUT2D eigenvalue weighted by Crippen LogP contribution is -2.16. The predicted molar refractivity (Wildman–Crippen MR) is 76.3 cm³/mol. The molecule has 0 unspecified atom stereocenters. The van der Waals surface area contributed by atoms with Crippen LogP contribution in [0.1, 0.15) is 11.1 Å². The smallest absolute Gasteiger partial charge is 0.262 e. The number of rotatable bonds is 4. The maximum atomic E-state index is 12.3. The van der Waals surface area contributed by atoms with Crippen LogP contribution in [0.4, 0.5) is 5.69 Å². The van der Waals surface area contributed by atoms with Crippen molar-refractivity contribution in [1.82, 2.24) is 0 Å². The van der Waals surface area contributed by atoms with Crippen LogP contribution in [0.15, 0.2) is 53.4 Å². The molecule has 0 atom stereocenters. The molecular weight excluding hydrogens is 260 g/mol. The third kappa shape index (κ3) is 3.13. The molecule has 0 aliphatic rings. The highest BCUT2D eigenvalue weighted by atomic mass is 32.2. The molecule has 0 aliphatic heterocycles. The number of nitrogens with two attached hydrogens (primary N) is 1. The van der Waals surface area contributed by atoms with E-state index in [1.165, 1.54) is 0 Å². The van der Waals surface area contributed by atoms with E-state index in [0.717, 1.165) is 5.56 Å². The number of benzene rings is 2. The molecule has 0 heterocycles. The number of aryl methyl sites for hydroxylation is 1. The Morgan fingerprint density at radius 1 is 1.11 bits per heavy atom. The fourth-order valence-electron chi connectivity index (χ4n) is 1.85. The molecular formula is C14H16N2O2S. The Kier molecular flexibility index (Phi) is 3.87. The maximum Gasteiger partial charge on any atom is 0.262 e. The molecule has 4 nitrogen and oxygen atoms in total. The van der Waals surface area contributed by atoms with Crippen LogP contribution in [0, 0.1) is 6.92 Å². The number of hydrogen-bond donors (Lipinski definition) is 2. The van der Waals surface area contributed by atoms with Crippen LogP contribution in [-0.2, 0) is 16.6 Å². The van der Waals surface area contributed by atoms with Gasteiger partial charge in [-0.2, -0.15) is 0 Å². The van der Waals surface area contributed by atoms with Gasteiger partial charge >= 0.3 is 0 Å². The third-order valence-electron chi connectivity index (χ3n) is 2.75. The zero-order valence-electron chi connectivity index (χ0n) is 10.6.